The van der Waals surface area contributed by atoms with Crippen molar-refractivity contribution in [3.63, 3.8) is 0 Å². The molecule has 3 rings (SSSR count). The van der Waals surface area contributed by atoms with Gasteiger partial charge in [-0.25, -0.2) is 0 Å². The van der Waals surface area contributed by atoms with Crippen LogP contribution in [0.5, 0.6) is 0 Å². The summed E-state index contributed by atoms with van der Waals surface area (Å²) in [6, 6.07) is 6.73. The van der Waals surface area contributed by atoms with Crippen LogP contribution in [0.2, 0.25) is 0 Å². The van der Waals surface area contributed by atoms with Crippen molar-refractivity contribution in [2.75, 3.05) is 0 Å². The highest BCUT2D eigenvalue weighted by atomic mass is 32.1. The molecule has 1 aliphatic carbocycles. The molecule has 1 aliphatic rings. The Labute approximate surface area is 94.9 Å². The van der Waals surface area contributed by atoms with Crippen molar-refractivity contribution in [3.05, 3.63) is 34.2 Å². The molecular weight excluding hydrogens is 200 g/mol. The lowest BCUT2D eigenvalue weighted by Gasteiger charge is -2.17. The smallest absolute Gasteiger partial charge is 0.0377 e. The van der Waals surface area contributed by atoms with Gasteiger partial charge in [0, 0.05) is 9.58 Å². The number of rotatable bonds is 0. The Bertz CT molecular complexity index is 507. The molecular formula is C14H16S. The molecule has 1 atom stereocenters. The van der Waals surface area contributed by atoms with Crippen LogP contribution in [0.25, 0.3) is 10.1 Å². The second-order valence-electron chi connectivity index (χ2n) is 4.69. The SMILES string of the molecule is Cc1cccc2c3c(sc12)C(C)CCC3. The van der Waals surface area contributed by atoms with Crippen LogP contribution in [0.3, 0.4) is 0 Å². The van der Waals surface area contributed by atoms with Crippen LogP contribution in [0.1, 0.15) is 41.7 Å². The van der Waals surface area contributed by atoms with E-state index in [0.29, 0.717) is 0 Å². The first-order chi connectivity index (χ1) is 7.27. The van der Waals surface area contributed by atoms with Gasteiger partial charge in [-0.1, -0.05) is 25.1 Å². The van der Waals surface area contributed by atoms with E-state index in [4.69, 9.17) is 0 Å². The maximum atomic E-state index is 2.38. The molecule has 1 unspecified atom stereocenters. The molecule has 0 amide bonds. The van der Waals surface area contributed by atoms with Crippen LogP contribution in [-0.4, -0.2) is 0 Å². The Morgan fingerprint density at radius 2 is 2.20 bits per heavy atom. The van der Waals surface area contributed by atoms with Gasteiger partial charge in [0.25, 0.3) is 0 Å². The van der Waals surface area contributed by atoms with Gasteiger partial charge in [0.1, 0.15) is 0 Å². The molecule has 0 fully saturated rings. The van der Waals surface area contributed by atoms with Gasteiger partial charge in [0.15, 0.2) is 0 Å². The fourth-order valence-corrected chi connectivity index (χ4v) is 4.11. The maximum Gasteiger partial charge on any atom is 0.0377 e. The van der Waals surface area contributed by atoms with Gasteiger partial charge in [0.2, 0.25) is 0 Å². The van der Waals surface area contributed by atoms with Crippen molar-refractivity contribution in [1.82, 2.24) is 0 Å². The summed E-state index contributed by atoms with van der Waals surface area (Å²) in [5.41, 5.74) is 3.09. The molecule has 0 N–H and O–H groups in total. The van der Waals surface area contributed by atoms with E-state index in [1.807, 2.05) is 11.3 Å². The predicted octanol–water partition coefficient (Wildman–Crippen LogP) is 4.65. The van der Waals surface area contributed by atoms with E-state index in [0.717, 1.165) is 5.92 Å². The van der Waals surface area contributed by atoms with Crippen LogP contribution in [-0.2, 0) is 6.42 Å². The minimum atomic E-state index is 0.783. The first-order valence-corrected chi connectivity index (χ1v) is 6.60. The van der Waals surface area contributed by atoms with Crippen molar-refractivity contribution < 1.29 is 0 Å². The average Bonchev–Trinajstić information content (AvgIpc) is 2.60. The van der Waals surface area contributed by atoms with Crippen molar-refractivity contribution in [2.45, 2.75) is 39.0 Å². The summed E-state index contributed by atoms with van der Waals surface area (Å²) in [5, 5.41) is 1.53. The molecule has 1 heteroatoms. The van der Waals surface area contributed by atoms with Crippen LogP contribution in [0.4, 0.5) is 0 Å². The standard InChI is InChI=1S/C14H16S/c1-9-5-3-7-11-12-8-4-6-10(2)14(12)15-13(9)11/h3,5,7,10H,4,6,8H2,1-2H3. The molecule has 2 aromatic rings. The molecule has 0 radical (unpaired) electrons. The first-order valence-electron chi connectivity index (χ1n) is 5.78. The second-order valence-corrected chi connectivity index (χ2v) is 5.74. The van der Waals surface area contributed by atoms with E-state index in [1.54, 1.807) is 10.4 Å². The summed E-state index contributed by atoms with van der Waals surface area (Å²) in [6.07, 6.45) is 4.04. The van der Waals surface area contributed by atoms with E-state index in [9.17, 15) is 0 Å². The Morgan fingerprint density at radius 3 is 3.07 bits per heavy atom. The third kappa shape index (κ3) is 1.33. The quantitative estimate of drug-likeness (QED) is 0.601. The normalized spacial score (nSPS) is 20.5. The van der Waals surface area contributed by atoms with Gasteiger partial charge >= 0.3 is 0 Å². The van der Waals surface area contributed by atoms with E-state index in [-0.39, 0.29) is 0 Å². The van der Waals surface area contributed by atoms with E-state index in [2.05, 4.69) is 32.0 Å². The largest absolute Gasteiger partial charge is 0.139 e. The number of benzene rings is 1. The number of thiophene rings is 1. The molecule has 0 spiro atoms. The molecule has 1 aromatic heterocycles. The van der Waals surface area contributed by atoms with Crippen LogP contribution < -0.4 is 0 Å². The van der Waals surface area contributed by atoms with Gasteiger partial charge in [-0.05, 0) is 48.6 Å². The van der Waals surface area contributed by atoms with Gasteiger partial charge in [-0.2, -0.15) is 0 Å². The molecule has 15 heavy (non-hydrogen) atoms. The fraction of sp³-hybridized carbons (Fsp3) is 0.429. The molecule has 0 bridgehead atoms. The first kappa shape index (κ1) is 9.41. The van der Waals surface area contributed by atoms with Gasteiger partial charge < -0.3 is 0 Å². The Morgan fingerprint density at radius 1 is 1.33 bits per heavy atom. The highest BCUT2D eigenvalue weighted by Gasteiger charge is 2.21. The highest BCUT2D eigenvalue weighted by molar-refractivity contribution is 7.19. The summed E-state index contributed by atoms with van der Waals surface area (Å²) < 4.78 is 1.52. The van der Waals surface area contributed by atoms with Crippen molar-refractivity contribution in [1.29, 1.82) is 0 Å². The molecule has 0 saturated heterocycles. The lowest BCUT2D eigenvalue weighted by Crippen LogP contribution is -2.02. The second kappa shape index (κ2) is 3.34. The number of aryl methyl sites for hydroxylation is 2. The van der Waals surface area contributed by atoms with Gasteiger partial charge in [0.05, 0.1) is 0 Å². The zero-order valence-electron chi connectivity index (χ0n) is 9.34. The topological polar surface area (TPSA) is 0 Å². The lowest BCUT2D eigenvalue weighted by molar-refractivity contribution is 0.604. The molecule has 1 heterocycles. The predicted molar refractivity (Wildman–Crippen MR) is 67.9 cm³/mol. The van der Waals surface area contributed by atoms with E-state index < -0.39 is 0 Å². The Balaban J connectivity index is 2.35. The van der Waals surface area contributed by atoms with Gasteiger partial charge in [-0.15, -0.1) is 11.3 Å². The molecule has 78 valence electrons. The summed E-state index contributed by atoms with van der Waals surface area (Å²) in [4.78, 5) is 1.66. The van der Waals surface area contributed by atoms with Crippen molar-refractivity contribution >= 4 is 21.4 Å². The summed E-state index contributed by atoms with van der Waals surface area (Å²) >= 11 is 2.03. The monoisotopic (exact) mass is 216 g/mol. The Kier molecular flexibility index (Phi) is 2.10. The van der Waals surface area contributed by atoms with Crippen molar-refractivity contribution in [3.8, 4) is 0 Å². The Hall–Kier alpha value is -0.820. The number of hydrogen-bond acceptors (Lipinski definition) is 1. The van der Waals surface area contributed by atoms with Crippen molar-refractivity contribution in [2.24, 2.45) is 0 Å². The third-order valence-corrected chi connectivity index (χ3v) is 5.17. The number of hydrogen-bond donors (Lipinski definition) is 0. The zero-order chi connectivity index (χ0) is 10.4. The zero-order valence-corrected chi connectivity index (χ0v) is 10.2. The highest BCUT2D eigenvalue weighted by Crippen LogP contribution is 2.42. The lowest BCUT2D eigenvalue weighted by atomic mass is 9.89. The molecule has 0 nitrogen and oxygen atoms in total. The summed E-state index contributed by atoms with van der Waals surface area (Å²) in [6.45, 7) is 4.61. The van der Waals surface area contributed by atoms with Crippen LogP contribution >= 0.6 is 11.3 Å². The van der Waals surface area contributed by atoms with E-state index >= 15 is 0 Å². The fourth-order valence-electron chi connectivity index (χ4n) is 2.70. The minimum absolute atomic E-state index is 0.783. The maximum absolute atomic E-state index is 2.38. The molecule has 0 aliphatic heterocycles. The summed E-state index contributed by atoms with van der Waals surface area (Å²) in [5.74, 6) is 0.783. The van der Waals surface area contributed by atoms with Crippen LogP contribution in [0, 0.1) is 6.92 Å². The van der Waals surface area contributed by atoms with Gasteiger partial charge in [-0.3, -0.25) is 0 Å². The third-order valence-electron chi connectivity index (χ3n) is 3.56. The molecule has 0 saturated carbocycles. The minimum Gasteiger partial charge on any atom is -0.139 e. The molecule has 1 aromatic carbocycles. The average molecular weight is 216 g/mol. The van der Waals surface area contributed by atoms with Crippen LogP contribution in [0.15, 0.2) is 18.2 Å². The number of fused-ring (bicyclic) bond motifs is 3. The van der Waals surface area contributed by atoms with E-state index in [1.165, 1.54) is 34.9 Å². The summed E-state index contributed by atoms with van der Waals surface area (Å²) in [7, 11) is 0.